The summed E-state index contributed by atoms with van der Waals surface area (Å²) in [6.07, 6.45) is 1.62. The fourth-order valence-corrected chi connectivity index (χ4v) is 1.48. The van der Waals surface area contributed by atoms with Gasteiger partial charge in [0.25, 0.3) is 5.91 Å². The van der Waals surface area contributed by atoms with Gasteiger partial charge in [-0.15, -0.1) is 0 Å². The van der Waals surface area contributed by atoms with Crippen molar-refractivity contribution >= 4 is 34.3 Å². The first-order chi connectivity index (χ1) is 8.15. The summed E-state index contributed by atoms with van der Waals surface area (Å²) in [5, 5.41) is 2.53. The summed E-state index contributed by atoms with van der Waals surface area (Å²) in [4.78, 5) is 19.2. The molecule has 0 fully saturated rings. The van der Waals surface area contributed by atoms with Crippen LogP contribution in [-0.2, 0) is 0 Å². The van der Waals surface area contributed by atoms with Gasteiger partial charge in [-0.2, -0.15) is 4.39 Å². The van der Waals surface area contributed by atoms with Gasteiger partial charge in [-0.05, 0) is 46.9 Å². The molecule has 1 amide bonds. The van der Waals surface area contributed by atoms with Crippen molar-refractivity contribution in [2.24, 2.45) is 0 Å². The van der Waals surface area contributed by atoms with Gasteiger partial charge in [0, 0.05) is 9.77 Å². The minimum atomic E-state index is -0.687. The molecule has 6 heteroatoms. The van der Waals surface area contributed by atoms with Crippen LogP contribution < -0.4 is 5.32 Å². The van der Waals surface area contributed by atoms with E-state index in [1.54, 1.807) is 12.3 Å². The predicted octanol–water partition coefficient (Wildman–Crippen LogP) is 2.47. The molecule has 17 heavy (non-hydrogen) atoms. The van der Waals surface area contributed by atoms with Crippen LogP contribution in [0.2, 0.25) is 0 Å². The van der Waals surface area contributed by atoms with Crippen molar-refractivity contribution in [1.82, 2.24) is 9.97 Å². The number of rotatable bonds is 2. The lowest BCUT2D eigenvalue weighted by atomic mass is 10.3. The van der Waals surface area contributed by atoms with Crippen molar-refractivity contribution in [3.8, 4) is 0 Å². The van der Waals surface area contributed by atoms with Crippen LogP contribution in [0.25, 0.3) is 0 Å². The molecule has 0 bridgehead atoms. The van der Waals surface area contributed by atoms with E-state index in [1.165, 1.54) is 18.2 Å². The van der Waals surface area contributed by atoms with E-state index < -0.39 is 11.9 Å². The molecule has 86 valence electrons. The first-order valence-corrected chi connectivity index (χ1v) is 5.78. The smallest absolute Gasteiger partial charge is 0.275 e. The predicted molar refractivity (Wildman–Crippen MR) is 69.1 cm³/mol. The second kappa shape index (κ2) is 5.17. The number of amides is 1. The summed E-state index contributed by atoms with van der Waals surface area (Å²) in [5.41, 5.74) is 0.0188. The van der Waals surface area contributed by atoms with Gasteiger partial charge >= 0.3 is 0 Å². The van der Waals surface area contributed by atoms with E-state index in [-0.39, 0.29) is 5.69 Å². The van der Waals surface area contributed by atoms with Crippen molar-refractivity contribution in [2.75, 3.05) is 5.32 Å². The molecule has 0 saturated carbocycles. The van der Waals surface area contributed by atoms with Crippen molar-refractivity contribution in [2.45, 2.75) is 0 Å². The zero-order chi connectivity index (χ0) is 12.3. The van der Waals surface area contributed by atoms with E-state index in [1.807, 2.05) is 6.07 Å². The number of nitrogens with zero attached hydrogens (tertiary/aromatic N) is 2. The van der Waals surface area contributed by atoms with E-state index in [0.717, 1.165) is 3.57 Å². The van der Waals surface area contributed by atoms with E-state index in [4.69, 9.17) is 0 Å². The van der Waals surface area contributed by atoms with Crippen molar-refractivity contribution in [3.63, 3.8) is 0 Å². The van der Waals surface area contributed by atoms with E-state index in [9.17, 15) is 9.18 Å². The Morgan fingerprint density at radius 3 is 2.76 bits per heavy atom. The third kappa shape index (κ3) is 3.19. The maximum Gasteiger partial charge on any atom is 0.275 e. The zero-order valence-electron chi connectivity index (χ0n) is 8.52. The third-order valence-corrected chi connectivity index (χ3v) is 2.55. The molecule has 2 heterocycles. The summed E-state index contributed by atoms with van der Waals surface area (Å²) >= 11 is 2.11. The zero-order valence-corrected chi connectivity index (χ0v) is 10.7. The fraction of sp³-hybridized carbons (Fsp3) is 0. The standard InChI is InChI=1S/C11H7FIN3O/c12-9-3-1-2-8(15-9)11(17)16-10-5-4-7(13)6-14-10/h1-6H,(H,14,16,17). The molecule has 0 radical (unpaired) electrons. The highest BCUT2D eigenvalue weighted by atomic mass is 127. The van der Waals surface area contributed by atoms with Gasteiger partial charge in [-0.3, -0.25) is 4.79 Å². The first kappa shape index (κ1) is 11.9. The average molecular weight is 343 g/mol. The number of pyridine rings is 2. The molecule has 2 aromatic rings. The van der Waals surface area contributed by atoms with Crippen LogP contribution in [0.3, 0.4) is 0 Å². The summed E-state index contributed by atoms with van der Waals surface area (Å²) in [6.45, 7) is 0. The van der Waals surface area contributed by atoms with Crippen LogP contribution >= 0.6 is 22.6 Å². The summed E-state index contributed by atoms with van der Waals surface area (Å²) < 4.78 is 13.8. The summed E-state index contributed by atoms with van der Waals surface area (Å²) in [7, 11) is 0. The van der Waals surface area contributed by atoms with Crippen LogP contribution in [0.1, 0.15) is 10.5 Å². The van der Waals surface area contributed by atoms with Crippen LogP contribution in [0.5, 0.6) is 0 Å². The monoisotopic (exact) mass is 343 g/mol. The summed E-state index contributed by atoms with van der Waals surface area (Å²) in [5.74, 6) is -0.770. The molecule has 0 aliphatic carbocycles. The second-order valence-electron chi connectivity index (χ2n) is 3.16. The fourth-order valence-electron chi connectivity index (χ4n) is 1.16. The Bertz CT molecular complexity index is 545. The highest BCUT2D eigenvalue weighted by Gasteiger charge is 2.08. The quantitative estimate of drug-likeness (QED) is 0.673. The van der Waals surface area contributed by atoms with Gasteiger partial charge in [0.2, 0.25) is 5.95 Å². The molecule has 0 aliphatic heterocycles. The highest BCUT2D eigenvalue weighted by Crippen LogP contribution is 2.08. The van der Waals surface area contributed by atoms with Crippen molar-refractivity contribution in [3.05, 3.63) is 51.7 Å². The van der Waals surface area contributed by atoms with E-state index >= 15 is 0 Å². The van der Waals surface area contributed by atoms with Gasteiger partial charge < -0.3 is 5.32 Å². The Hall–Kier alpha value is -1.57. The van der Waals surface area contributed by atoms with Crippen LogP contribution in [0.4, 0.5) is 10.2 Å². The third-order valence-electron chi connectivity index (χ3n) is 1.92. The molecular formula is C11H7FIN3O. The molecular weight excluding hydrogens is 336 g/mol. The topological polar surface area (TPSA) is 54.9 Å². The SMILES string of the molecule is O=C(Nc1ccc(I)cn1)c1cccc(F)n1. The Morgan fingerprint density at radius 1 is 1.29 bits per heavy atom. The van der Waals surface area contributed by atoms with Gasteiger partial charge in [-0.1, -0.05) is 6.07 Å². The molecule has 0 unspecified atom stereocenters. The molecule has 4 nitrogen and oxygen atoms in total. The number of aromatic nitrogens is 2. The molecule has 0 saturated heterocycles. The highest BCUT2D eigenvalue weighted by molar-refractivity contribution is 14.1. The van der Waals surface area contributed by atoms with Gasteiger partial charge in [0.05, 0.1) is 0 Å². The number of anilines is 1. The maximum absolute atomic E-state index is 12.8. The number of halogens is 2. The Kier molecular flexibility index (Phi) is 3.62. The number of hydrogen-bond donors (Lipinski definition) is 1. The van der Waals surface area contributed by atoms with Crippen molar-refractivity contribution in [1.29, 1.82) is 0 Å². The van der Waals surface area contributed by atoms with E-state index in [2.05, 4.69) is 37.9 Å². The normalized spacial score (nSPS) is 10.0. The van der Waals surface area contributed by atoms with Gasteiger partial charge in [-0.25, -0.2) is 9.97 Å². The molecule has 0 spiro atoms. The van der Waals surface area contributed by atoms with Gasteiger partial charge in [0.15, 0.2) is 0 Å². The first-order valence-electron chi connectivity index (χ1n) is 4.70. The Balaban J connectivity index is 2.14. The lowest BCUT2D eigenvalue weighted by molar-refractivity contribution is 0.102. The lowest BCUT2D eigenvalue weighted by Gasteiger charge is -2.03. The molecule has 1 N–H and O–H groups in total. The van der Waals surface area contributed by atoms with Crippen molar-refractivity contribution < 1.29 is 9.18 Å². The molecule has 0 aromatic carbocycles. The number of carbonyl (C=O) groups is 1. The van der Waals surface area contributed by atoms with Crippen LogP contribution in [0.15, 0.2) is 36.5 Å². The number of nitrogens with one attached hydrogen (secondary N) is 1. The minimum absolute atomic E-state index is 0.0188. The molecule has 2 aromatic heterocycles. The van der Waals surface area contributed by atoms with Crippen LogP contribution in [-0.4, -0.2) is 15.9 Å². The minimum Gasteiger partial charge on any atom is -0.305 e. The lowest BCUT2D eigenvalue weighted by Crippen LogP contribution is -2.14. The summed E-state index contributed by atoms with van der Waals surface area (Å²) in [6, 6.07) is 7.52. The van der Waals surface area contributed by atoms with Crippen LogP contribution in [0, 0.1) is 9.52 Å². The van der Waals surface area contributed by atoms with Gasteiger partial charge in [0.1, 0.15) is 11.5 Å². The molecule has 0 aliphatic rings. The average Bonchev–Trinajstić information content (AvgIpc) is 2.32. The van der Waals surface area contributed by atoms with E-state index in [0.29, 0.717) is 5.82 Å². The molecule has 0 atom stereocenters. The Labute approximate surface area is 110 Å². The Morgan fingerprint density at radius 2 is 2.12 bits per heavy atom. The largest absolute Gasteiger partial charge is 0.305 e. The number of carbonyl (C=O) groups excluding carboxylic acids is 1. The second-order valence-corrected chi connectivity index (χ2v) is 4.41. The number of hydrogen-bond acceptors (Lipinski definition) is 3. The maximum atomic E-state index is 12.8. The molecule has 2 rings (SSSR count).